The normalized spacial score (nSPS) is 15.8. The van der Waals surface area contributed by atoms with Crippen molar-refractivity contribution in [3.63, 3.8) is 0 Å². The number of nitrogens with two attached hydrogens (primary N) is 1. The highest BCUT2D eigenvalue weighted by atomic mass is 16.4. The van der Waals surface area contributed by atoms with Crippen LogP contribution in [-0.2, 0) is 4.79 Å². The van der Waals surface area contributed by atoms with Crippen LogP contribution in [0.1, 0.15) is 31.7 Å². The SMILES string of the molecule is CC(CC(c1ccc2ccccc2c1)C(C)N)C(=O)O. The maximum atomic E-state index is 11.1. The van der Waals surface area contributed by atoms with Crippen LogP contribution in [0.15, 0.2) is 42.5 Å². The van der Waals surface area contributed by atoms with Crippen LogP contribution in [0, 0.1) is 5.92 Å². The summed E-state index contributed by atoms with van der Waals surface area (Å²) in [6, 6.07) is 14.3. The lowest BCUT2D eigenvalue weighted by Crippen LogP contribution is -2.28. The quantitative estimate of drug-likeness (QED) is 0.876. The van der Waals surface area contributed by atoms with Gasteiger partial charge in [-0.1, -0.05) is 49.4 Å². The fourth-order valence-corrected chi connectivity index (χ4v) is 2.57. The molecular formula is C17H21NO2. The summed E-state index contributed by atoms with van der Waals surface area (Å²) in [6.45, 7) is 3.67. The number of hydrogen-bond acceptors (Lipinski definition) is 2. The Kier molecular flexibility index (Phi) is 4.40. The van der Waals surface area contributed by atoms with Gasteiger partial charge in [-0.25, -0.2) is 0 Å². The van der Waals surface area contributed by atoms with E-state index in [1.54, 1.807) is 6.92 Å². The predicted molar refractivity (Wildman–Crippen MR) is 81.8 cm³/mol. The molecule has 0 aliphatic rings. The van der Waals surface area contributed by atoms with Crippen molar-refractivity contribution in [1.29, 1.82) is 0 Å². The molecule has 0 saturated heterocycles. The minimum absolute atomic E-state index is 0.0608. The molecule has 2 aromatic carbocycles. The molecule has 3 atom stereocenters. The summed E-state index contributed by atoms with van der Waals surface area (Å²) in [4.78, 5) is 11.1. The second-order valence-corrected chi connectivity index (χ2v) is 5.55. The largest absolute Gasteiger partial charge is 0.481 e. The zero-order chi connectivity index (χ0) is 14.7. The zero-order valence-electron chi connectivity index (χ0n) is 11.9. The molecule has 0 spiro atoms. The third-order valence-electron chi connectivity index (χ3n) is 3.87. The second-order valence-electron chi connectivity index (χ2n) is 5.55. The van der Waals surface area contributed by atoms with Gasteiger partial charge >= 0.3 is 5.97 Å². The smallest absolute Gasteiger partial charge is 0.306 e. The third-order valence-corrected chi connectivity index (χ3v) is 3.87. The maximum Gasteiger partial charge on any atom is 0.306 e. The predicted octanol–water partition coefficient (Wildman–Crippen LogP) is 3.38. The van der Waals surface area contributed by atoms with Crippen LogP contribution in [0.5, 0.6) is 0 Å². The summed E-state index contributed by atoms with van der Waals surface area (Å²) < 4.78 is 0. The van der Waals surface area contributed by atoms with Gasteiger partial charge in [0.05, 0.1) is 5.92 Å². The van der Waals surface area contributed by atoms with E-state index in [4.69, 9.17) is 10.8 Å². The average Bonchev–Trinajstić information content (AvgIpc) is 2.43. The van der Waals surface area contributed by atoms with Crippen molar-refractivity contribution < 1.29 is 9.90 Å². The average molecular weight is 271 g/mol. The number of fused-ring (bicyclic) bond motifs is 1. The molecule has 3 N–H and O–H groups in total. The van der Waals surface area contributed by atoms with Gasteiger partial charge in [-0.05, 0) is 35.6 Å². The Balaban J connectivity index is 2.33. The number of benzene rings is 2. The lowest BCUT2D eigenvalue weighted by Gasteiger charge is -2.23. The van der Waals surface area contributed by atoms with Gasteiger partial charge in [0.1, 0.15) is 0 Å². The van der Waals surface area contributed by atoms with Crippen LogP contribution in [0.3, 0.4) is 0 Å². The van der Waals surface area contributed by atoms with Crippen molar-refractivity contribution in [2.75, 3.05) is 0 Å². The van der Waals surface area contributed by atoms with Gasteiger partial charge in [0, 0.05) is 6.04 Å². The number of hydrogen-bond donors (Lipinski definition) is 2. The molecule has 0 bridgehead atoms. The molecule has 0 fully saturated rings. The fraction of sp³-hybridized carbons (Fsp3) is 0.353. The number of carboxylic acid groups (broad SMARTS) is 1. The maximum absolute atomic E-state index is 11.1. The van der Waals surface area contributed by atoms with E-state index < -0.39 is 11.9 Å². The van der Waals surface area contributed by atoms with E-state index in [2.05, 4.69) is 30.3 Å². The Labute approximate surface area is 119 Å². The molecule has 0 heterocycles. The summed E-state index contributed by atoms with van der Waals surface area (Å²) in [5.41, 5.74) is 7.19. The number of carboxylic acids is 1. The topological polar surface area (TPSA) is 63.3 Å². The Morgan fingerprint density at radius 1 is 1.15 bits per heavy atom. The monoisotopic (exact) mass is 271 g/mol. The van der Waals surface area contributed by atoms with Crippen LogP contribution < -0.4 is 5.73 Å². The van der Waals surface area contributed by atoms with E-state index in [9.17, 15) is 4.79 Å². The summed E-state index contributed by atoms with van der Waals surface area (Å²) >= 11 is 0. The van der Waals surface area contributed by atoms with E-state index in [0.29, 0.717) is 6.42 Å². The molecule has 0 amide bonds. The molecule has 3 unspecified atom stereocenters. The van der Waals surface area contributed by atoms with Crippen molar-refractivity contribution >= 4 is 16.7 Å². The van der Waals surface area contributed by atoms with E-state index in [-0.39, 0.29) is 12.0 Å². The van der Waals surface area contributed by atoms with E-state index in [0.717, 1.165) is 5.56 Å². The molecular weight excluding hydrogens is 250 g/mol. The molecule has 106 valence electrons. The summed E-state index contributed by atoms with van der Waals surface area (Å²) in [5.74, 6) is -1.10. The Bertz CT molecular complexity index is 607. The minimum Gasteiger partial charge on any atom is -0.481 e. The fourth-order valence-electron chi connectivity index (χ4n) is 2.57. The van der Waals surface area contributed by atoms with Gasteiger partial charge in [0.15, 0.2) is 0 Å². The Hall–Kier alpha value is -1.87. The molecule has 0 aliphatic heterocycles. The lowest BCUT2D eigenvalue weighted by atomic mass is 9.84. The van der Waals surface area contributed by atoms with E-state index in [1.165, 1.54) is 10.8 Å². The Morgan fingerprint density at radius 2 is 1.80 bits per heavy atom. The number of rotatable bonds is 5. The van der Waals surface area contributed by atoms with Crippen molar-refractivity contribution in [2.24, 2.45) is 11.7 Å². The highest BCUT2D eigenvalue weighted by molar-refractivity contribution is 5.83. The highest BCUT2D eigenvalue weighted by Crippen LogP contribution is 2.29. The van der Waals surface area contributed by atoms with Gasteiger partial charge in [-0.3, -0.25) is 4.79 Å². The van der Waals surface area contributed by atoms with E-state index in [1.807, 2.05) is 19.1 Å². The summed E-state index contributed by atoms with van der Waals surface area (Å²) in [6.07, 6.45) is 0.561. The van der Waals surface area contributed by atoms with Gasteiger partial charge < -0.3 is 10.8 Å². The zero-order valence-corrected chi connectivity index (χ0v) is 11.9. The number of carbonyl (C=O) groups is 1. The Morgan fingerprint density at radius 3 is 2.40 bits per heavy atom. The molecule has 20 heavy (non-hydrogen) atoms. The first-order valence-corrected chi connectivity index (χ1v) is 6.96. The second kappa shape index (κ2) is 6.06. The van der Waals surface area contributed by atoms with Crippen molar-refractivity contribution in [2.45, 2.75) is 32.2 Å². The molecule has 3 heteroatoms. The van der Waals surface area contributed by atoms with Crippen molar-refractivity contribution in [3.05, 3.63) is 48.0 Å². The van der Waals surface area contributed by atoms with Crippen molar-refractivity contribution in [1.82, 2.24) is 0 Å². The first-order valence-electron chi connectivity index (χ1n) is 6.96. The minimum atomic E-state index is -0.767. The molecule has 3 nitrogen and oxygen atoms in total. The van der Waals surface area contributed by atoms with Crippen LogP contribution in [0.25, 0.3) is 10.8 Å². The van der Waals surface area contributed by atoms with Gasteiger partial charge in [0.2, 0.25) is 0 Å². The van der Waals surface area contributed by atoms with Crippen LogP contribution in [0.2, 0.25) is 0 Å². The van der Waals surface area contributed by atoms with Crippen LogP contribution in [0.4, 0.5) is 0 Å². The molecule has 2 aromatic rings. The molecule has 0 aromatic heterocycles. The first kappa shape index (κ1) is 14.5. The first-order chi connectivity index (χ1) is 9.49. The molecule has 0 saturated carbocycles. The summed E-state index contributed by atoms with van der Waals surface area (Å²) in [7, 11) is 0. The molecule has 0 radical (unpaired) electrons. The van der Waals surface area contributed by atoms with Crippen molar-refractivity contribution in [3.8, 4) is 0 Å². The van der Waals surface area contributed by atoms with E-state index >= 15 is 0 Å². The number of aliphatic carboxylic acids is 1. The van der Waals surface area contributed by atoms with Crippen LogP contribution in [-0.4, -0.2) is 17.1 Å². The lowest BCUT2D eigenvalue weighted by molar-refractivity contribution is -0.141. The molecule has 0 aliphatic carbocycles. The summed E-state index contributed by atoms with van der Waals surface area (Å²) in [5, 5.41) is 11.4. The molecule has 2 rings (SSSR count). The van der Waals surface area contributed by atoms with Crippen LogP contribution >= 0.6 is 0 Å². The van der Waals surface area contributed by atoms with Gasteiger partial charge in [-0.2, -0.15) is 0 Å². The van der Waals surface area contributed by atoms with Gasteiger partial charge in [-0.15, -0.1) is 0 Å². The standard InChI is InChI=1S/C17H21NO2/c1-11(17(19)20)9-16(12(2)18)15-8-7-13-5-3-4-6-14(13)10-15/h3-8,10-12,16H,9,18H2,1-2H3,(H,19,20). The third kappa shape index (κ3) is 3.17. The highest BCUT2D eigenvalue weighted by Gasteiger charge is 2.22. The van der Waals surface area contributed by atoms with Gasteiger partial charge in [0.25, 0.3) is 0 Å².